The summed E-state index contributed by atoms with van der Waals surface area (Å²) in [6, 6.07) is 7.07. The summed E-state index contributed by atoms with van der Waals surface area (Å²) in [5.41, 5.74) is 6.71. The third kappa shape index (κ3) is 6.95. The van der Waals surface area contributed by atoms with Crippen molar-refractivity contribution in [2.24, 2.45) is 5.73 Å². The van der Waals surface area contributed by atoms with Gasteiger partial charge in [-0.05, 0) is 30.0 Å². The average molecular weight is 453 g/mol. The lowest BCUT2D eigenvalue weighted by atomic mass is 10.1. The van der Waals surface area contributed by atoms with Crippen molar-refractivity contribution >= 4 is 17.3 Å². The zero-order valence-electron chi connectivity index (χ0n) is 17.0. The Morgan fingerprint density at radius 2 is 2.00 bits per heavy atom. The van der Waals surface area contributed by atoms with Crippen molar-refractivity contribution in [3.05, 3.63) is 77.1 Å². The van der Waals surface area contributed by atoms with Gasteiger partial charge in [-0.3, -0.25) is 9.36 Å². The van der Waals surface area contributed by atoms with Crippen molar-refractivity contribution in [2.75, 3.05) is 19.5 Å². The summed E-state index contributed by atoms with van der Waals surface area (Å²) < 4.78 is 48.0. The van der Waals surface area contributed by atoms with E-state index in [-0.39, 0.29) is 17.2 Å². The number of allylic oxidation sites excluding steroid dienone is 4. The molecule has 2 aromatic rings. The van der Waals surface area contributed by atoms with Gasteiger partial charge >= 0.3 is 6.18 Å². The number of methoxy groups -OCH3 is 1. The Morgan fingerprint density at radius 3 is 2.55 bits per heavy atom. The van der Waals surface area contributed by atoms with Gasteiger partial charge in [0.1, 0.15) is 5.75 Å². The van der Waals surface area contributed by atoms with E-state index in [9.17, 15) is 18.0 Å². The first-order valence-corrected chi connectivity index (χ1v) is 10.1. The van der Waals surface area contributed by atoms with Crippen molar-refractivity contribution in [3.8, 4) is 11.4 Å². The summed E-state index contributed by atoms with van der Waals surface area (Å²) >= 11 is 1.34. The molecule has 6 nitrogen and oxygen atoms in total. The second-order valence-electron chi connectivity index (χ2n) is 6.04. The molecule has 0 aliphatic heterocycles. The summed E-state index contributed by atoms with van der Waals surface area (Å²) in [6.07, 6.45) is 0.276. The van der Waals surface area contributed by atoms with E-state index >= 15 is 0 Å². The molecule has 31 heavy (non-hydrogen) atoms. The van der Waals surface area contributed by atoms with Crippen LogP contribution in [0.25, 0.3) is 11.3 Å². The summed E-state index contributed by atoms with van der Waals surface area (Å²) in [5.74, 6) is 0.817. The predicted molar refractivity (Wildman–Crippen MR) is 115 cm³/mol. The largest absolute Gasteiger partial charge is 0.484 e. The van der Waals surface area contributed by atoms with Crippen LogP contribution >= 0.6 is 11.8 Å². The Bertz CT molecular complexity index is 1030. The highest BCUT2D eigenvalue weighted by Gasteiger charge is 2.28. The number of aromatic nitrogens is 2. The van der Waals surface area contributed by atoms with Crippen LogP contribution in [0.5, 0.6) is 5.75 Å². The van der Waals surface area contributed by atoms with E-state index < -0.39 is 12.8 Å². The van der Waals surface area contributed by atoms with Gasteiger partial charge in [-0.25, -0.2) is 4.98 Å². The predicted octanol–water partition coefficient (Wildman–Crippen LogP) is 4.30. The molecule has 10 heteroatoms. The van der Waals surface area contributed by atoms with E-state index in [1.807, 2.05) is 6.92 Å². The molecule has 166 valence electrons. The Kier molecular flexibility index (Phi) is 8.38. The van der Waals surface area contributed by atoms with Gasteiger partial charge < -0.3 is 15.2 Å². The lowest BCUT2D eigenvalue weighted by Gasteiger charge is -2.14. The number of thioether (sulfide) groups is 1. The number of halogens is 3. The third-order valence-corrected chi connectivity index (χ3v) is 4.61. The SMILES string of the molecule is C=C/C=C(\C=C(/N)OC)c1cc(=O)n(-c2ccc(OCC(F)(F)F)cc2)c(SCC)n1. The summed E-state index contributed by atoms with van der Waals surface area (Å²) in [5, 5.41) is 0.410. The number of hydrogen-bond donors (Lipinski definition) is 1. The molecule has 2 N–H and O–H groups in total. The number of alkyl halides is 3. The Hall–Kier alpha value is -3.14. The van der Waals surface area contributed by atoms with E-state index in [0.717, 1.165) is 0 Å². The molecule has 0 amide bonds. The smallest absolute Gasteiger partial charge is 0.422 e. The molecule has 2 rings (SSSR count). The molecule has 0 unspecified atom stereocenters. The molecule has 1 aromatic carbocycles. The van der Waals surface area contributed by atoms with Gasteiger partial charge in [0.05, 0.1) is 18.5 Å². The van der Waals surface area contributed by atoms with Crippen molar-refractivity contribution < 1.29 is 22.6 Å². The van der Waals surface area contributed by atoms with Crippen molar-refractivity contribution in [1.29, 1.82) is 0 Å². The molecule has 0 radical (unpaired) electrons. The van der Waals surface area contributed by atoms with Crippen LogP contribution in [0.3, 0.4) is 0 Å². The number of hydrogen-bond acceptors (Lipinski definition) is 6. The second-order valence-corrected chi connectivity index (χ2v) is 7.27. The van der Waals surface area contributed by atoms with Gasteiger partial charge in [0.25, 0.3) is 5.56 Å². The molecule has 0 atom stereocenters. The first-order valence-electron chi connectivity index (χ1n) is 9.09. The quantitative estimate of drug-likeness (QED) is 0.264. The van der Waals surface area contributed by atoms with Crippen LogP contribution in [0.4, 0.5) is 13.2 Å². The van der Waals surface area contributed by atoms with Gasteiger partial charge in [-0.15, -0.1) is 0 Å². The highest BCUT2D eigenvalue weighted by Crippen LogP contribution is 2.24. The van der Waals surface area contributed by atoms with Gasteiger partial charge in [-0.2, -0.15) is 13.2 Å². The highest BCUT2D eigenvalue weighted by molar-refractivity contribution is 7.99. The van der Waals surface area contributed by atoms with Crippen LogP contribution in [0.1, 0.15) is 12.6 Å². The number of ether oxygens (including phenoxy) is 2. The Morgan fingerprint density at radius 1 is 1.32 bits per heavy atom. The van der Waals surface area contributed by atoms with Gasteiger partial charge in [-0.1, -0.05) is 37.4 Å². The fourth-order valence-corrected chi connectivity index (χ4v) is 3.22. The van der Waals surface area contributed by atoms with Gasteiger partial charge in [0.2, 0.25) is 0 Å². The third-order valence-electron chi connectivity index (χ3n) is 3.79. The molecule has 0 saturated carbocycles. The maximum atomic E-state index is 12.9. The molecule has 0 saturated heterocycles. The van der Waals surface area contributed by atoms with Crippen molar-refractivity contribution in [2.45, 2.75) is 18.3 Å². The molecule has 0 aliphatic rings. The second kappa shape index (κ2) is 10.8. The molecule has 0 aliphatic carbocycles. The van der Waals surface area contributed by atoms with Crippen LogP contribution < -0.4 is 16.0 Å². The molecule has 1 aromatic heterocycles. The number of rotatable bonds is 9. The lowest BCUT2D eigenvalue weighted by Crippen LogP contribution is -2.22. The topological polar surface area (TPSA) is 79.4 Å². The maximum absolute atomic E-state index is 12.9. The van der Waals surface area contributed by atoms with Crippen molar-refractivity contribution in [3.63, 3.8) is 0 Å². The molecule has 0 bridgehead atoms. The molecule has 1 heterocycles. The highest BCUT2D eigenvalue weighted by atomic mass is 32.2. The molecular weight excluding hydrogens is 431 g/mol. The Labute approximate surface area is 181 Å². The van der Waals surface area contributed by atoms with Crippen LogP contribution in [0, 0.1) is 0 Å². The van der Waals surface area contributed by atoms with Crippen LogP contribution in [-0.4, -0.2) is 35.2 Å². The monoisotopic (exact) mass is 453 g/mol. The minimum atomic E-state index is -4.43. The summed E-state index contributed by atoms with van der Waals surface area (Å²) in [4.78, 5) is 17.5. The van der Waals surface area contributed by atoms with Crippen LogP contribution in [0.2, 0.25) is 0 Å². The number of benzene rings is 1. The van der Waals surface area contributed by atoms with Crippen LogP contribution in [-0.2, 0) is 4.74 Å². The van der Waals surface area contributed by atoms with E-state index in [1.54, 1.807) is 6.08 Å². The number of nitrogens with zero attached hydrogens (tertiary/aromatic N) is 2. The maximum Gasteiger partial charge on any atom is 0.422 e. The summed E-state index contributed by atoms with van der Waals surface area (Å²) in [7, 11) is 1.42. The van der Waals surface area contributed by atoms with E-state index in [4.69, 9.17) is 15.2 Å². The summed E-state index contributed by atoms with van der Waals surface area (Å²) in [6.45, 7) is 4.17. The Balaban J connectivity index is 2.48. The van der Waals surface area contributed by atoms with E-state index in [1.165, 1.54) is 65.9 Å². The average Bonchev–Trinajstić information content (AvgIpc) is 2.72. The zero-order valence-corrected chi connectivity index (χ0v) is 17.8. The minimum absolute atomic E-state index is 0.0415. The normalized spacial score (nSPS) is 12.5. The first kappa shape index (κ1) is 24.1. The molecule has 0 fully saturated rings. The first-order chi connectivity index (χ1) is 14.7. The minimum Gasteiger partial charge on any atom is -0.484 e. The standard InChI is InChI=1S/C21H22F3N3O3S/c1-4-6-14(11-18(25)29-3)17-12-19(28)27(20(26-17)31-5-2)15-7-9-16(10-8-15)30-13-21(22,23)24/h4,6-12H,1,5,13,25H2,2-3H3/b14-6+,18-11+. The molecule has 0 spiro atoms. The van der Waals surface area contributed by atoms with Crippen molar-refractivity contribution in [1.82, 2.24) is 9.55 Å². The van der Waals surface area contributed by atoms with Gasteiger partial charge in [0, 0.05) is 17.7 Å². The fourth-order valence-electron chi connectivity index (χ4n) is 2.48. The number of nitrogens with two attached hydrogens (primary N) is 1. The van der Waals surface area contributed by atoms with Crippen LogP contribution in [0.15, 0.2) is 71.0 Å². The van der Waals surface area contributed by atoms with E-state index in [0.29, 0.717) is 27.9 Å². The fraction of sp³-hybridized carbons (Fsp3) is 0.238. The van der Waals surface area contributed by atoms with E-state index in [2.05, 4.69) is 11.6 Å². The zero-order chi connectivity index (χ0) is 23.0. The lowest BCUT2D eigenvalue weighted by molar-refractivity contribution is -0.153. The molecular formula is C21H22F3N3O3S. The van der Waals surface area contributed by atoms with Gasteiger partial charge in [0.15, 0.2) is 17.6 Å².